The van der Waals surface area contributed by atoms with E-state index in [4.69, 9.17) is 4.42 Å². The molecule has 2 aromatic heterocycles. The number of nitrogens with one attached hydrogen (secondary N) is 1. The zero-order valence-electron chi connectivity index (χ0n) is 8.20. The molecule has 0 fully saturated rings. The summed E-state index contributed by atoms with van der Waals surface area (Å²) < 4.78 is 5.87. The molecule has 0 amide bonds. The minimum Gasteiger partial charge on any atom is -0.472 e. The van der Waals surface area contributed by atoms with E-state index in [9.17, 15) is 0 Å². The molecule has 2 heterocycles. The van der Waals surface area contributed by atoms with Crippen molar-refractivity contribution in [1.82, 2.24) is 9.97 Å². The second-order valence-electron chi connectivity index (χ2n) is 3.11. The molecular formula is C10H10BrN3O. The highest BCUT2D eigenvalue weighted by atomic mass is 79.9. The summed E-state index contributed by atoms with van der Waals surface area (Å²) in [6.45, 7) is 2.59. The summed E-state index contributed by atoms with van der Waals surface area (Å²) in [5.74, 6) is 0.622. The summed E-state index contributed by atoms with van der Waals surface area (Å²) in [5, 5.41) is 3.11. The van der Waals surface area contributed by atoms with Crippen molar-refractivity contribution in [1.29, 1.82) is 0 Å². The van der Waals surface area contributed by atoms with Gasteiger partial charge in [0.15, 0.2) is 0 Å². The van der Waals surface area contributed by atoms with Crippen molar-refractivity contribution >= 4 is 21.9 Å². The highest BCUT2D eigenvalue weighted by molar-refractivity contribution is 9.10. The molecule has 2 rings (SSSR count). The van der Waals surface area contributed by atoms with Gasteiger partial charge < -0.3 is 9.73 Å². The second-order valence-corrected chi connectivity index (χ2v) is 3.97. The normalized spacial score (nSPS) is 10.3. The minimum atomic E-state index is 0.622. The molecule has 0 aliphatic rings. The standard InChI is InChI=1S/C10H10BrN3O/c1-7-9(11)5-13-10(14-7)12-4-8-2-3-15-6-8/h2-3,5-6H,4H2,1H3,(H,12,13,14). The molecule has 0 atom stereocenters. The molecule has 0 aliphatic carbocycles. The van der Waals surface area contributed by atoms with E-state index in [1.54, 1.807) is 18.7 Å². The SMILES string of the molecule is Cc1nc(NCc2ccoc2)ncc1Br. The summed E-state index contributed by atoms with van der Waals surface area (Å²) in [5.41, 5.74) is 1.99. The van der Waals surface area contributed by atoms with Crippen LogP contribution in [0.25, 0.3) is 0 Å². The van der Waals surface area contributed by atoms with Crippen LogP contribution in [-0.2, 0) is 6.54 Å². The van der Waals surface area contributed by atoms with Gasteiger partial charge in [-0.05, 0) is 28.9 Å². The molecule has 15 heavy (non-hydrogen) atoms. The summed E-state index contributed by atoms with van der Waals surface area (Å²) >= 11 is 3.35. The first kappa shape index (κ1) is 10.2. The first-order chi connectivity index (χ1) is 7.25. The van der Waals surface area contributed by atoms with Gasteiger partial charge >= 0.3 is 0 Å². The van der Waals surface area contributed by atoms with Crippen molar-refractivity contribution < 1.29 is 4.42 Å². The third-order valence-electron chi connectivity index (χ3n) is 1.95. The van der Waals surface area contributed by atoms with Crippen molar-refractivity contribution in [2.45, 2.75) is 13.5 Å². The van der Waals surface area contributed by atoms with E-state index in [1.807, 2.05) is 13.0 Å². The van der Waals surface area contributed by atoms with Crippen LogP contribution < -0.4 is 5.32 Å². The fourth-order valence-electron chi connectivity index (χ4n) is 1.11. The van der Waals surface area contributed by atoms with Gasteiger partial charge in [-0.25, -0.2) is 9.97 Å². The van der Waals surface area contributed by atoms with Crippen molar-refractivity contribution in [3.8, 4) is 0 Å². The van der Waals surface area contributed by atoms with Gasteiger partial charge in [-0.1, -0.05) is 0 Å². The van der Waals surface area contributed by atoms with E-state index < -0.39 is 0 Å². The maximum absolute atomic E-state index is 4.96. The molecule has 2 aromatic rings. The van der Waals surface area contributed by atoms with Gasteiger partial charge in [-0.2, -0.15) is 0 Å². The number of aromatic nitrogens is 2. The van der Waals surface area contributed by atoms with Crippen LogP contribution in [0.3, 0.4) is 0 Å². The molecule has 5 heteroatoms. The molecule has 0 unspecified atom stereocenters. The van der Waals surface area contributed by atoms with E-state index >= 15 is 0 Å². The lowest BCUT2D eigenvalue weighted by Crippen LogP contribution is -2.03. The van der Waals surface area contributed by atoms with Crippen molar-refractivity contribution in [2.24, 2.45) is 0 Å². The average molecular weight is 268 g/mol. The highest BCUT2D eigenvalue weighted by Crippen LogP contribution is 2.13. The Bertz CT molecular complexity index is 442. The monoisotopic (exact) mass is 267 g/mol. The molecule has 0 saturated heterocycles. The number of aryl methyl sites for hydroxylation is 1. The van der Waals surface area contributed by atoms with E-state index in [0.717, 1.165) is 15.7 Å². The van der Waals surface area contributed by atoms with Crippen LogP contribution in [0, 0.1) is 6.92 Å². The Balaban J connectivity index is 2.02. The smallest absolute Gasteiger partial charge is 0.223 e. The molecule has 78 valence electrons. The topological polar surface area (TPSA) is 51.0 Å². The van der Waals surface area contributed by atoms with Gasteiger partial charge in [0.25, 0.3) is 0 Å². The van der Waals surface area contributed by atoms with E-state index in [2.05, 4.69) is 31.2 Å². The summed E-state index contributed by atoms with van der Waals surface area (Å²) in [6, 6.07) is 1.90. The number of rotatable bonds is 3. The van der Waals surface area contributed by atoms with Crippen LogP contribution in [0.2, 0.25) is 0 Å². The summed E-state index contributed by atoms with van der Waals surface area (Å²) in [4.78, 5) is 8.41. The van der Waals surface area contributed by atoms with Gasteiger partial charge in [0, 0.05) is 18.3 Å². The average Bonchev–Trinajstić information content (AvgIpc) is 2.73. The first-order valence-corrected chi connectivity index (χ1v) is 5.29. The predicted octanol–water partition coefficient (Wildman–Crippen LogP) is 2.75. The lowest BCUT2D eigenvalue weighted by Gasteiger charge is -2.04. The van der Waals surface area contributed by atoms with Gasteiger partial charge in [-0.3, -0.25) is 0 Å². The van der Waals surface area contributed by atoms with Crippen molar-refractivity contribution in [3.05, 3.63) is 40.5 Å². The van der Waals surface area contributed by atoms with Crippen LogP contribution in [0.5, 0.6) is 0 Å². The third kappa shape index (κ3) is 2.56. The Kier molecular flexibility index (Phi) is 3.01. The van der Waals surface area contributed by atoms with Gasteiger partial charge in [0.05, 0.1) is 22.7 Å². The third-order valence-corrected chi connectivity index (χ3v) is 2.73. The van der Waals surface area contributed by atoms with Crippen LogP contribution in [0.15, 0.2) is 33.7 Å². The first-order valence-electron chi connectivity index (χ1n) is 4.50. The molecule has 0 saturated carbocycles. The molecule has 0 aromatic carbocycles. The van der Waals surface area contributed by atoms with E-state index in [0.29, 0.717) is 12.5 Å². The molecular weight excluding hydrogens is 258 g/mol. The molecule has 0 bridgehead atoms. The molecule has 0 radical (unpaired) electrons. The maximum atomic E-state index is 4.96. The minimum absolute atomic E-state index is 0.622. The predicted molar refractivity (Wildman–Crippen MR) is 60.5 cm³/mol. The Morgan fingerprint density at radius 2 is 2.40 bits per heavy atom. The van der Waals surface area contributed by atoms with Crippen LogP contribution in [-0.4, -0.2) is 9.97 Å². The van der Waals surface area contributed by atoms with Crippen LogP contribution in [0.4, 0.5) is 5.95 Å². The van der Waals surface area contributed by atoms with Crippen LogP contribution in [0.1, 0.15) is 11.3 Å². The second kappa shape index (κ2) is 4.44. The lowest BCUT2D eigenvalue weighted by molar-refractivity contribution is 0.564. The Morgan fingerprint density at radius 1 is 1.53 bits per heavy atom. The molecule has 4 nitrogen and oxygen atoms in total. The zero-order chi connectivity index (χ0) is 10.7. The fourth-order valence-corrected chi connectivity index (χ4v) is 1.30. The maximum Gasteiger partial charge on any atom is 0.223 e. The number of anilines is 1. The van der Waals surface area contributed by atoms with Gasteiger partial charge in [0.2, 0.25) is 5.95 Å². The summed E-state index contributed by atoms with van der Waals surface area (Å²) in [7, 11) is 0. The van der Waals surface area contributed by atoms with Gasteiger partial charge in [0.1, 0.15) is 0 Å². The van der Waals surface area contributed by atoms with Crippen LogP contribution >= 0.6 is 15.9 Å². The van der Waals surface area contributed by atoms with Crippen molar-refractivity contribution in [2.75, 3.05) is 5.32 Å². The van der Waals surface area contributed by atoms with E-state index in [-0.39, 0.29) is 0 Å². The fraction of sp³-hybridized carbons (Fsp3) is 0.200. The Hall–Kier alpha value is -1.36. The molecule has 0 spiro atoms. The lowest BCUT2D eigenvalue weighted by atomic mass is 10.3. The number of hydrogen-bond acceptors (Lipinski definition) is 4. The van der Waals surface area contributed by atoms with E-state index in [1.165, 1.54) is 0 Å². The Labute approximate surface area is 95.9 Å². The highest BCUT2D eigenvalue weighted by Gasteiger charge is 2.00. The molecule has 1 N–H and O–H groups in total. The Morgan fingerprint density at radius 3 is 3.07 bits per heavy atom. The number of hydrogen-bond donors (Lipinski definition) is 1. The van der Waals surface area contributed by atoms with Crippen molar-refractivity contribution in [3.63, 3.8) is 0 Å². The largest absolute Gasteiger partial charge is 0.472 e. The molecule has 0 aliphatic heterocycles. The zero-order valence-corrected chi connectivity index (χ0v) is 9.78. The number of furan rings is 1. The quantitative estimate of drug-likeness (QED) is 0.929. The summed E-state index contributed by atoms with van der Waals surface area (Å²) in [6.07, 6.45) is 5.07. The number of nitrogens with zero attached hydrogens (tertiary/aromatic N) is 2. The number of halogens is 1. The van der Waals surface area contributed by atoms with Gasteiger partial charge in [-0.15, -0.1) is 0 Å².